The van der Waals surface area contributed by atoms with Crippen LogP contribution in [0.5, 0.6) is 5.75 Å². The van der Waals surface area contributed by atoms with Crippen molar-refractivity contribution in [3.63, 3.8) is 0 Å². The number of hydrogen-bond donors (Lipinski definition) is 2. The fourth-order valence-corrected chi connectivity index (χ4v) is 3.91. The summed E-state index contributed by atoms with van der Waals surface area (Å²) in [7, 11) is 1.64. The molecule has 0 bridgehead atoms. The first-order valence-corrected chi connectivity index (χ1v) is 10.8. The van der Waals surface area contributed by atoms with Crippen LogP contribution in [0.25, 0.3) is 5.65 Å². The Bertz CT molecular complexity index is 1230. The minimum absolute atomic E-state index is 0.484. The fraction of sp³-hybridized carbons (Fsp3) is 0.304. The first-order valence-electron chi connectivity index (χ1n) is 10.8. The van der Waals surface area contributed by atoms with Crippen molar-refractivity contribution in [1.29, 1.82) is 0 Å². The normalized spacial score (nSPS) is 13.9. The van der Waals surface area contributed by atoms with E-state index in [1.54, 1.807) is 13.3 Å². The van der Waals surface area contributed by atoms with Gasteiger partial charge in [-0.1, -0.05) is 0 Å². The number of ether oxygens (including phenoxy) is 1. The quantitative estimate of drug-likeness (QED) is 0.467. The highest BCUT2D eigenvalue weighted by molar-refractivity contribution is 5.66. The third-order valence-electron chi connectivity index (χ3n) is 5.47. The van der Waals surface area contributed by atoms with Gasteiger partial charge in [0.05, 0.1) is 7.11 Å². The van der Waals surface area contributed by atoms with Gasteiger partial charge in [0.25, 0.3) is 0 Å². The molecule has 1 aliphatic rings. The summed E-state index contributed by atoms with van der Waals surface area (Å²) in [5.41, 5.74) is 2.63. The Kier molecular flexibility index (Phi) is 5.45. The van der Waals surface area contributed by atoms with Gasteiger partial charge in [-0.25, -0.2) is 9.97 Å². The Morgan fingerprint density at radius 3 is 2.59 bits per heavy atom. The molecule has 0 spiro atoms. The van der Waals surface area contributed by atoms with Crippen molar-refractivity contribution >= 4 is 34.7 Å². The van der Waals surface area contributed by atoms with Crippen molar-refractivity contribution in [1.82, 2.24) is 24.3 Å². The lowest BCUT2D eigenvalue weighted by molar-refractivity contribution is 0.414. The van der Waals surface area contributed by atoms with Crippen molar-refractivity contribution < 1.29 is 4.74 Å². The van der Waals surface area contributed by atoms with Gasteiger partial charge in [-0.2, -0.15) is 9.97 Å². The molecule has 0 aliphatic carbocycles. The van der Waals surface area contributed by atoms with E-state index < -0.39 is 0 Å². The number of methoxy groups -OCH3 is 1. The van der Waals surface area contributed by atoms with E-state index in [1.807, 2.05) is 54.0 Å². The molecule has 1 aliphatic heterocycles. The number of rotatable bonds is 6. The van der Waals surface area contributed by atoms with Crippen LogP contribution in [0.2, 0.25) is 0 Å². The van der Waals surface area contributed by atoms with Crippen LogP contribution in [0, 0.1) is 6.92 Å². The van der Waals surface area contributed by atoms with E-state index in [2.05, 4.69) is 25.5 Å². The van der Waals surface area contributed by atoms with E-state index >= 15 is 0 Å². The van der Waals surface area contributed by atoms with Crippen molar-refractivity contribution in [2.75, 3.05) is 35.7 Å². The molecule has 0 atom stereocenters. The van der Waals surface area contributed by atoms with Gasteiger partial charge in [0.15, 0.2) is 0 Å². The van der Waals surface area contributed by atoms with Gasteiger partial charge in [-0.3, -0.25) is 0 Å². The lowest BCUT2D eigenvalue weighted by Crippen LogP contribution is -2.30. The van der Waals surface area contributed by atoms with E-state index in [-0.39, 0.29) is 0 Å². The number of nitrogens with one attached hydrogen (secondary N) is 2. The van der Waals surface area contributed by atoms with Gasteiger partial charge in [-0.15, -0.1) is 0 Å². The fourth-order valence-electron chi connectivity index (χ4n) is 3.91. The highest BCUT2D eigenvalue weighted by atomic mass is 16.5. The molecule has 9 heteroatoms. The van der Waals surface area contributed by atoms with Crippen molar-refractivity contribution in [2.45, 2.75) is 26.2 Å². The molecule has 2 N–H and O–H groups in total. The second kappa shape index (κ2) is 8.70. The maximum atomic E-state index is 5.37. The molecule has 0 unspecified atom stereocenters. The standard InChI is InChI=1S/C23H26N8O/c1-16-12-18(32-2)14-19(25-16)27-23-28-20(15-22(29-23)30-8-4-3-5-9-30)26-17-6-10-31-11-7-24-21(31)13-17/h6-7,10-15H,3-5,8-9H2,1-2H3,(H2,25,26,27,28,29). The lowest BCUT2D eigenvalue weighted by Gasteiger charge is -2.28. The summed E-state index contributed by atoms with van der Waals surface area (Å²) >= 11 is 0. The molecule has 5 heterocycles. The average Bonchev–Trinajstić information content (AvgIpc) is 3.27. The predicted molar refractivity (Wildman–Crippen MR) is 125 cm³/mol. The predicted octanol–water partition coefficient (Wildman–Crippen LogP) is 4.31. The monoisotopic (exact) mass is 430 g/mol. The smallest absolute Gasteiger partial charge is 0.232 e. The second-order valence-corrected chi connectivity index (χ2v) is 7.87. The van der Waals surface area contributed by atoms with Crippen molar-refractivity contribution in [3.8, 4) is 5.75 Å². The zero-order chi connectivity index (χ0) is 21.9. The number of aryl methyl sites for hydroxylation is 1. The van der Waals surface area contributed by atoms with Crippen molar-refractivity contribution in [2.24, 2.45) is 0 Å². The topological polar surface area (TPSA) is 92.5 Å². The molecule has 9 nitrogen and oxygen atoms in total. The zero-order valence-electron chi connectivity index (χ0n) is 18.2. The summed E-state index contributed by atoms with van der Waals surface area (Å²) in [4.78, 5) is 20.7. The first kappa shape index (κ1) is 20.0. The highest BCUT2D eigenvalue weighted by Crippen LogP contribution is 2.26. The largest absolute Gasteiger partial charge is 0.497 e. The molecule has 0 saturated carbocycles. The van der Waals surface area contributed by atoms with Gasteiger partial charge < -0.3 is 24.7 Å². The summed E-state index contributed by atoms with van der Waals surface area (Å²) in [5.74, 6) is 3.46. The molecule has 4 aromatic rings. The Hall–Kier alpha value is -3.88. The maximum absolute atomic E-state index is 5.37. The third-order valence-corrected chi connectivity index (χ3v) is 5.47. The minimum atomic E-state index is 0.484. The van der Waals surface area contributed by atoms with Gasteiger partial charge >= 0.3 is 0 Å². The molecule has 164 valence electrons. The van der Waals surface area contributed by atoms with Gasteiger partial charge in [-0.05, 0) is 32.3 Å². The summed E-state index contributed by atoms with van der Waals surface area (Å²) in [6.07, 6.45) is 9.27. The zero-order valence-corrected chi connectivity index (χ0v) is 18.2. The second-order valence-electron chi connectivity index (χ2n) is 7.87. The molecule has 0 amide bonds. The van der Waals surface area contributed by atoms with Crippen LogP contribution in [0.15, 0.2) is 48.9 Å². The van der Waals surface area contributed by atoms with Crippen LogP contribution in [-0.2, 0) is 0 Å². The van der Waals surface area contributed by atoms with Crippen LogP contribution in [0.1, 0.15) is 25.0 Å². The molecule has 1 fully saturated rings. The number of aromatic nitrogens is 5. The minimum Gasteiger partial charge on any atom is -0.497 e. The molecule has 4 aromatic heterocycles. The van der Waals surface area contributed by atoms with Gasteiger partial charge in [0.1, 0.15) is 28.9 Å². The summed E-state index contributed by atoms with van der Waals surface area (Å²) < 4.78 is 7.34. The Balaban J connectivity index is 1.48. The van der Waals surface area contributed by atoms with Crippen LogP contribution >= 0.6 is 0 Å². The summed E-state index contributed by atoms with van der Waals surface area (Å²) in [6, 6.07) is 9.70. The number of anilines is 5. The number of piperidine rings is 1. The lowest BCUT2D eigenvalue weighted by atomic mass is 10.1. The molecule has 1 saturated heterocycles. The third kappa shape index (κ3) is 4.41. The molecular formula is C23H26N8O. The number of imidazole rings is 1. The van der Waals surface area contributed by atoms with E-state index in [0.29, 0.717) is 17.6 Å². The number of nitrogens with zero attached hydrogens (tertiary/aromatic N) is 6. The van der Waals surface area contributed by atoms with Crippen LogP contribution in [0.4, 0.5) is 29.1 Å². The molecule has 5 rings (SSSR count). The van der Waals surface area contributed by atoms with E-state index in [0.717, 1.165) is 41.7 Å². The number of hydrogen-bond acceptors (Lipinski definition) is 8. The number of pyridine rings is 2. The van der Waals surface area contributed by atoms with Crippen LogP contribution < -0.4 is 20.3 Å². The molecule has 32 heavy (non-hydrogen) atoms. The van der Waals surface area contributed by atoms with Crippen molar-refractivity contribution in [3.05, 3.63) is 54.6 Å². The maximum Gasteiger partial charge on any atom is 0.232 e. The van der Waals surface area contributed by atoms with E-state index in [9.17, 15) is 0 Å². The Morgan fingerprint density at radius 1 is 0.906 bits per heavy atom. The van der Waals surface area contributed by atoms with Gasteiger partial charge in [0.2, 0.25) is 5.95 Å². The number of fused-ring (bicyclic) bond motifs is 1. The molecule has 0 radical (unpaired) electrons. The Labute approximate surface area is 186 Å². The Morgan fingerprint density at radius 2 is 1.75 bits per heavy atom. The SMILES string of the molecule is COc1cc(C)nc(Nc2nc(Nc3ccn4ccnc4c3)cc(N3CCCCC3)n2)c1. The highest BCUT2D eigenvalue weighted by Gasteiger charge is 2.16. The first-order chi connectivity index (χ1) is 15.7. The van der Waals surface area contributed by atoms with E-state index in [1.165, 1.54) is 19.3 Å². The van der Waals surface area contributed by atoms with Crippen LogP contribution in [0.3, 0.4) is 0 Å². The summed E-state index contributed by atoms with van der Waals surface area (Å²) in [6.45, 7) is 3.91. The van der Waals surface area contributed by atoms with Gasteiger partial charge in [0, 0.05) is 67.3 Å². The van der Waals surface area contributed by atoms with Crippen LogP contribution in [-0.4, -0.2) is 44.5 Å². The average molecular weight is 431 g/mol. The van der Waals surface area contributed by atoms with E-state index in [4.69, 9.17) is 14.7 Å². The molecular weight excluding hydrogens is 404 g/mol. The molecule has 0 aromatic carbocycles. The summed E-state index contributed by atoms with van der Waals surface area (Å²) in [5, 5.41) is 6.66.